The molecular weight excluding hydrogens is 504 g/mol. The number of benzene rings is 2. The summed E-state index contributed by atoms with van der Waals surface area (Å²) >= 11 is 3.29. The van der Waals surface area contributed by atoms with Crippen molar-refractivity contribution in [2.45, 2.75) is 50.9 Å². The molecule has 10 heteroatoms. The third kappa shape index (κ3) is 4.90. The van der Waals surface area contributed by atoms with Crippen LogP contribution in [-0.2, 0) is 9.09 Å². The van der Waals surface area contributed by atoms with E-state index in [1.165, 1.54) is 6.92 Å². The first-order chi connectivity index (χ1) is 14.7. The fourth-order valence-electron chi connectivity index (χ4n) is 3.86. The molecule has 1 fully saturated rings. The van der Waals surface area contributed by atoms with E-state index in [2.05, 4.69) is 21.2 Å². The first kappa shape index (κ1) is 24.4. The highest BCUT2D eigenvalue weighted by molar-refractivity contribution is 9.10. The molecule has 2 atom stereocenters. The average Bonchev–Trinajstić information content (AvgIpc) is 2.76. The number of nitrogens with one attached hydrogen (secondary N) is 1. The minimum atomic E-state index is -4.66. The van der Waals surface area contributed by atoms with Crippen LogP contribution in [0.4, 0.5) is 22.0 Å². The van der Waals surface area contributed by atoms with Gasteiger partial charge in [-0.15, -0.1) is 0 Å². The lowest BCUT2D eigenvalue weighted by Gasteiger charge is -2.34. The molecule has 1 saturated carbocycles. The molecule has 0 aromatic heterocycles. The normalized spacial score (nSPS) is 18.0. The largest absolute Gasteiger partial charge is 0.324 e. The Bertz CT molecular complexity index is 954. The molecule has 0 radical (unpaired) electrons. The fourth-order valence-corrected chi connectivity index (χ4v) is 6.75. The molecule has 0 spiro atoms. The molecular formula is C21H22BrF5NO2P. The lowest BCUT2D eigenvalue weighted by atomic mass is 9.95. The van der Waals surface area contributed by atoms with E-state index in [0.717, 1.165) is 32.1 Å². The number of rotatable bonds is 7. The standard InChI is InChI=1S/C21H22BrF5NO2P/c1-2-30-31(29,20-18(26)16(24)15(23)17(25)19(20)27)21(12-8-10-13(22)11-9-12)28-14-6-4-3-5-7-14/h8-11,14,21,28H,2-7H2,1H3/t21-,31+/m0/s1. The maximum Gasteiger partial charge on any atom is 0.259 e. The molecule has 31 heavy (non-hydrogen) atoms. The predicted octanol–water partition coefficient (Wildman–Crippen LogP) is 6.71. The molecule has 0 amide bonds. The Hall–Kier alpha value is -1.28. The lowest BCUT2D eigenvalue weighted by molar-refractivity contribution is 0.306. The first-order valence-corrected chi connectivity index (χ1v) is 12.5. The molecule has 1 aliphatic carbocycles. The highest BCUT2D eigenvalue weighted by Gasteiger charge is 2.45. The van der Waals surface area contributed by atoms with Gasteiger partial charge in [0, 0.05) is 10.5 Å². The van der Waals surface area contributed by atoms with Crippen molar-refractivity contribution in [3.63, 3.8) is 0 Å². The van der Waals surface area contributed by atoms with Crippen LogP contribution in [0.5, 0.6) is 0 Å². The Morgan fingerprint density at radius 1 is 0.968 bits per heavy atom. The summed E-state index contributed by atoms with van der Waals surface area (Å²) in [7, 11) is -4.66. The van der Waals surface area contributed by atoms with E-state index in [1.807, 2.05) is 0 Å². The van der Waals surface area contributed by atoms with Gasteiger partial charge < -0.3 is 4.52 Å². The average molecular weight is 526 g/mol. The van der Waals surface area contributed by atoms with E-state index >= 15 is 0 Å². The summed E-state index contributed by atoms with van der Waals surface area (Å²) in [5, 5.41) is 1.73. The maximum absolute atomic E-state index is 14.7. The van der Waals surface area contributed by atoms with Gasteiger partial charge in [-0.05, 0) is 37.5 Å². The van der Waals surface area contributed by atoms with E-state index < -0.39 is 47.5 Å². The quantitative estimate of drug-likeness (QED) is 0.189. The Morgan fingerprint density at radius 3 is 2.00 bits per heavy atom. The van der Waals surface area contributed by atoms with Gasteiger partial charge in [-0.1, -0.05) is 47.3 Å². The zero-order valence-electron chi connectivity index (χ0n) is 16.7. The van der Waals surface area contributed by atoms with Crippen LogP contribution in [0.3, 0.4) is 0 Å². The van der Waals surface area contributed by atoms with E-state index in [0.29, 0.717) is 10.0 Å². The van der Waals surface area contributed by atoms with Gasteiger partial charge in [0.2, 0.25) is 5.82 Å². The summed E-state index contributed by atoms with van der Waals surface area (Å²) < 4.78 is 91.2. The fraction of sp³-hybridized carbons (Fsp3) is 0.429. The number of hydrogen-bond acceptors (Lipinski definition) is 3. The molecule has 170 valence electrons. The molecule has 3 rings (SSSR count). The van der Waals surface area contributed by atoms with E-state index in [4.69, 9.17) is 4.52 Å². The highest BCUT2D eigenvalue weighted by atomic mass is 79.9. The Morgan fingerprint density at radius 2 is 1.48 bits per heavy atom. The summed E-state index contributed by atoms with van der Waals surface area (Å²) in [6.07, 6.45) is 4.31. The monoisotopic (exact) mass is 525 g/mol. The van der Waals surface area contributed by atoms with E-state index in [1.54, 1.807) is 24.3 Å². The minimum absolute atomic E-state index is 0.141. The second-order valence-electron chi connectivity index (χ2n) is 7.39. The smallest absolute Gasteiger partial charge is 0.259 e. The SMILES string of the molecule is CCO[P@](=O)(c1c(F)c(F)c(F)c(F)c1F)[C@H](NC1CCCCC1)c1ccc(Br)cc1. The summed E-state index contributed by atoms with van der Waals surface area (Å²) in [5.41, 5.74) is 0.356. The van der Waals surface area contributed by atoms with Crippen molar-refractivity contribution in [3.05, 3.63) is 63.4 Å². The molecule has 1 aliphatic rings. The van der Waals surface area contributed by atoms with Gasteiger partial charge in [-0.3, -0.25) is 9.88 Å². The zero-order valence-corrected chi connectivity index (χ0v) is 19.2. The summed E-state index contributed by atoms with van der Waals surface area (Å²) in [5.74, 6) is -12.2. The van der Waals surface area contributed by atoms with Crippen LogP contribution in [0.2, 0.25) is 0 Å². The molecule has 1 N–H and O–H groups in total. The zero-order chi connectivity index (χ0) is 22.8. The molecule has 0 saturated heterocycles. The maximum atomic E-state index is 14.7. The van der Waals surface area contributed by atoms with Gasteiger partial charge in [0.1, 0.15) is 11.1 Å². The van der Waals surface area contributed by atoms with Crippen LogP contribution in [-0.4, -0.2) is 12.6 Å². The van der Waals surface area contributed by atoms with Gasteiger partial charge in [0.05, 0.1) is 6.61 Å². The Labute approximate surface area is 186 Å². The van der Waals surface area contributed by atoms with Crippen molar-refractivity contribution in [1.82, 2.24) is 5.32 Å². The number of halogens is 6. The molecule has 2 aromatic carbocycles. The van der Waals surface area contributed by atoms with Crippen LogP contribution in [0.1, 0.15) is 50.4 Å². The third-order valence-electron chi connectivity index (χ3n) is 5.34. The van der Waals surface area contributed by atoms with E-state index in [9.17, 15) is 26.5 Å². The number of hydrogen-bond donors (Lipinski definition) is 1. The van der Waals surface area contributed by atoms with Crippen molar-refractivity contribution >= 4 is 28.6 Å². The second kappa shape index (κ2) is 10.1. The van der Waals surface area contributed by atoms with Crippen LogP contribution < -0.4 is 10.6 Å². The molecule has 2 aromatic rings. The van der Waals surface area contributed by atoms with Gasteiger partial charge >= 0.3 is 0 Å². The third-order valence-corrected chi connectivity index (χ3v) is 8.66. The van der Waals surface area contributed by atoms with E-state index in [-0.39, 0.29) is 12.6 Å². The van der Waals surface area contributed by atoms with Crippen molar-refractivity contribution in [2.24, 2.45) is 0 Å². The highest BCUT2D eigenvalue weighted by Crippen LogP contribution is 2.59. The predicted molar refractivity (Wildman–Crippen MR) is 112 cm³/mol. The second-order valence-corrected chi connectivity index (χ2v) is 10.7. The Balaban J connectivity index is 2.21. The minimum Gasteiger partial charge on any atom is -0.324 e. The van der Waals surface area contributed by atoms with Gasteiger partial charge in [-0.2, -0.15) is 0 Å². The van der Waals surface area contributed by atoms with Crippen LogP contribution >= 0.6 is 23.3 Å². The van der Waals surface area contributed by atoms with Crippen LogP contribution in [0.15, 0.2) is 28.7 Å². The molecule has 0 heterocycles. The Kier molecular flexibility index (Phi) is 7.95. The molecule has 3 nitrogen and oxygen atoms in total. The van der Waals surface area contributed by atoms with Crippen molar-refractivity contribution in [2.75, 3.05) is 6.61 Å². The molecule has 0 bridgehead atoms. The molecule has 0 aliphatic heterocycles. The first-order valence-electron chi connectivity index (χ1n) is 9.98. The summed E-state index contributed by atoms with van der Waals surface area (Å²) in [6.45, 7) is 1.19. The summed E-state index contributed by atoms with van der Waals surface area (Å²) in [6, 6.07) is 6.28. The van der Waals surface area contributed by atoms with Gasteiger partial charge in [0.15, 0.2) is 23.3 Å². The van der Waals surface area contributed by atoms with Crippen molar-refractivity contribution in [3.8, 4) is 0 Å². The van der Waals surface area contributed by atoms with Crippen LogP contribution in [0.25, 0.3) is 0 Å². The molecule has 0 unspecified atom stereocenters. The topological polar surface area (TPSA) is 38.3 Å². The van der Waals surface area contributed by atoms with Crippen molar-refractivity contribution in [1.29, 1.82) is 0 Å². The van der Waals surface area contributed by atoms with Crippen LogP contribution in [0, 0.1) is 29.1 Å². The van der Waals surface area contributed by atoms with Gasteiger partial charge in [-0.25, -0.2) is 22.0 Å². The summed E-state index contributed by atoms with van der Waals surface area (Å²) in [4.78, 5) is 0. The lowest BCUT2D eigenvalue weighted by Crippen LogP contribution is -2.38. The van der Waals surface area contributed by atoms with Gasteiger partial charge in [0.25, 0.3) is 7.37 Å². The van der Waals surface area contributed by atoms with Crippen molar-refractivity contribution < 1.29 is 31.0 Å².